The molecule has 0 saturated heterocycles. The molecular formula is C12H18N2. The molecule has 0 aliphatic rings. The fourth-order valence-corrected chi connectivity index (χ4v) is 1.25. The van der Waals surface area contributed by atoms with Crippen molar-refractivity contribution in [2.45, 2.75) is 20.3 Å². The molecule has 0 amide bonds. The maximum absolute atomic E-state index is 4.27. The predicted octanol–water partition coefficient (Wildman–Crippen LogP) is 2.40. The Kier molecular flexibility index (Phi) is 4.33. The number of pyridine rings is 1. The molecule has 0 saturated carbocycles. The molecule has 0 aliphatic carbocycles. The molecular weight excluding hydrogens is 172 g/mol. The molecule has 0 spiro atoms. The standard InChI is InChI=1S/C12H18N2/c1-10(5-4-8-13-3)12-7-6-11(2)14-9-12/h5-7,9,13H,4,8H2,1-3H3. The van der Waals surface area contributed by atoms with E-state index in [-0.39, 0.29) is 0 Å². The summed E-state index contributed by atoms with van der Waals surface area (Å²) in [7, 11) is 1.97. The molecule has 1 rings (SSSR count). The van der Waals surface area contributed by atoms with Gasteiger partial charge in [-0.3, -0.25) is 4.98 Å². The summed E-state index contributed by atoms with van der Waals surface area (Å²) in [6, 6.07) is 4.16. The van der Waals surface area contributed by atoms with Crippen LogP contribution in [0.2, 0.25) is 0 Å². The lowest BCUT2D eigenvalue weighted by Gasteiger charge is -2.01. The van der Waals surface area contributed by atoms with Gasteiger partial charge in [-0.2, -0.15) is 0 Å². The van der Waals surface area contributed by atoms with E-state index in [1.165, 1.54) is 11.1 Å². The predicted molar refractivity (Wildman–Crippen MR) is 61.2 cm³/mol. The van der Waals surface area contributed by atoms with Gasteiger partial charge in [0.25, 0.3) is 0 Å². The van der Waals surface area contributed by atoms with Gasteiger partial charge < -0.3 is 5.32 Å². The molecule has 0 radical (unpaired) electrons. The molecule has 2 heteroatoms. The third kappa shape index (κ3) is 3.30. The molecule has 0 atom stereocenters. The second-order valence-electron chi connectivity index (χ2n) is 3.47. The number of hydrogen-bond donors (Lipinski definition) is 1. The monoisotopic (exact) mass is 190 g/mol. The SMILES string of the molecule is CNCCC=C(C)c1ccc(C)nc1. The van der Waals surface area contributed by atoms with Crippen LogP contribution >= 0.6 is 0 Å². The molecule has 1 heterocycles. The number of allylic oxidation sites excluding steroid dienone is 1. The van der Waals surface area contributed by atoms with Gasteiger partial charge in [0.15, 0.2) is 0 Å². The van der Waals surface area contributed by atoms with Gasteiger partial charge in [-0.05, 0) is 51.1 Å². The highest BCUT2D eigenvalue weighted by molar-refractivity contribution is 5.62. The van der Waals surface area contributed by atoms with E-state index in [0.717, 1.165) is 18.7 Å². The number of aryl methyl sites for hydroxylation is 1. The summed E-state index contributed by atoms with van der Waals surface area (Å²) in [6.45, 7) is 5.16. The van der Waals surface area contributed by atoms with E-state index >= 15 is 0 Å². The lowest BCUT2D eigenvalue weighted by Crippen LogP contribution is -2.05. The average molecular weight is 190 g/mol. The van der Waals surface area contributed by atoms with Crippen LogP contribution in [0.5, 0.6) is 0 Å². The summed E-state index contributed by atoms with van der Waals surface area (Å²) in [5, 5.41) is 3.12. The second-order valence-corrected chi connectivity index (χ2v) is 3.47. The number of hydrogen-bond acceptors (Lipinski definition) is 2. The summed E-state index contributed by atoms with van der Waals surface area (Å²) in [5.74, 6) is 0. The minimum Gasteiger partial charge on any atom is -0.319 e. The fraction of sp³-hybridized carbons (Fsp3) is 0.417. The number of aromatic nitrogens is 1. The molecule has 1 aromatic rings. The van der Waals surface area contributed by atoms with Gasteiger partial charge in [-0.1, -0.05) is 12.1 Å². The first-order valence-corrected chi connectivity index (χ1v) is 4.98. The highest BCUT2D eigenvalue weighted by atomic mass is 14.8. The van der Waals surface area contributed by atoms with E-state index in [0.29, 0.717) is 0 Å². The second kappa shape index (κ2) is 5.55. The van der Waals surface area contributed by atoms with Gasteiger partial charge in [0, 0.05) is 11.9 Å². The molecule has 14 heavy (non-hydrogen) atoms. The number of nitrogens with zero attached hydrogens (tertiary/aromatic N) is 1. The van der Waals surface area contributed by atoms with Crippen LogP contribution in [0.25, 0.3) is 5.57 Å². The zero-order chi connectivity index (χ0) is 10.4. The quantitative estimate of drug-likeness (QED) is 0.737. The van der Waals surface area contributed by atoms with E-state index in [1.807, 2.05) is 26.2 Å². The van der Waals surface area contributed by atoms with Crippen molar-refractivity contribution < 1.29 is 0 Å². The molecule has 2 nitrogen and oxygen atoms in total. The summed E-state index contributed by atoms with van der Waals surface area (Å²) in [4.78, 5) is 4.27. The van der Waals surface area contributed by atoms with Crippen LogP contribution in [-0.4, -0.2) is 18.6 Å². The van der Waals surface area contributed by atoms with Gasteiger partial charge in [-0.15, -0.1) is 0 Å². The molecule has 1 aromatic heterocycles. The normalized spacial score (nSPS) is 11.8. The molecule has 1 N–H and O–H groups in total. The lowest BCUT2D eigenvalue weighted by atomic mass is 10.1. The summed E-state index contributed by atoms with van der Waals surface area (Å²) in [5.41, 5.74) is 3.58. The number of rotatable bonds is 4. The Morgan fingerprint density at radius 2 is 2.29 bits per heavy atom. The van der Waals surface area contributed by atoms with Crippen molar-refractivity contribution in [2.75, 3.05) is 13.6 Å². The summed E-state index contributed by atoms with van der Waals surface area (Å²) in [6.07, 6.45) is 5.24. The van der Waals surface area contributed by atoms with Gasteiger partial charge in [0.2, 0.25) is 0 Å². The van der Waals surface area contributed by atoms with Crippen LogP contribution in [0.1, 0.15) is 24.6 Å². The summed E-state index contributed by atoms with van der Waals surface area (Å²) < 4.78 is 0. The largest absolute Gasteiger partial charge is 0.319 e. The van der Waals surface area contributed by atoms with Gasteiger partial charge >= 0.3 is 0 Å². The smallest absolute Gasteiger partial charge is 0.0373 e. The van der Waals surface area contributed by atoms with Crippen LogP contribution in [-0.2, 0) is 0 Å². The Labute approximate surface area is 86.1 Å². The van der Waals surface area contributed by atoms with Crippen LogP contribution < -0.4 is 5.32 Å². The first-order chi connectivity index (χ1) is 6.74. The molecule has 0 unspecified atom stereocenters. The van der Waals surface area contributed by atoms with Crippen molar-refractivity contribution in [3.63, 3.8) is 0 Å². The van der Waals surface area contributed by atoms with E-state index in [1.54, 1.807) is 0 Å². The van der Waals surface area contributed by atoms with Crippen LogP contribution in [0.15, 0.2) is 24.4 Å². The van der Waals surface area contributed by atoms with Crippen LogP contribution in [0, 0.1) is 6.92 Å². The molecule has 0 aromatic carbocycles. The Morgan fingerprint density at radius 3 is 2.86 bits per heavy atom. The fourth-order valence-electron chi connectivity index (χ4n) is 1.25. The van der Waals surface area contributed by atoms with Crippen molar-refractivity contribution in [3.05, 3.63) is 35.7 Å². The first kappa shape index (κ1) is 10.9. The van der Waals surface area contributed by atoms with Crippen LogP contribution in [0.3, 0.4) is 0 Å². The molecule has 0 fully saturated rings. The third-order valence-electron chi connectivity index (χ3n) is 2.21. The van der Waals surface area contributed by atoms with Gasteiger partial charge in [0.05, 0.1) is 0 Å². The van der Waals surface area contributed by atoms with Crippen molar-refractivity contribution in [1.29, 1.82) is 0 Å². The zero-order valence-corrected chi connectivity index (χ0v) is 9.17. The summed E-state index contributed by atoms with van der Waals surface area (Å²) >= 11 is 0. The molecule has 0 bridgehead atoms. The lowest BCUT2D eigenvalue weighted by molar-refractivity contribution is 0.808. The first-order valence-electron chi connectivity index (χ1n) is 4.98. The van der Waals surface area contributed by atoms with Crippen molar-refractivity contribution in [3.8, 4) is 0 Å². The Bertz CT molecular complexity index is 299. The third-order valence-corrected chi connectivity index (χ3v) is 2.21. The number of nitrogens with one attached hydrogen (secondary N) is 1. The minimum absolute atomic E-state index is 1.02. The maximum Gasteiger partial charge on any atom is 0.0373 e. The highest BCUT2D eigenvalue weighted by Gasteiger charge is 1.94. The molecule has 76 valence electrons. The van der Waals surface area contributed by atoms with Gasteiger partial charge in [0.1, 0.15) is 0 Å². The maximum atomic E-state index is 4.27. The minimum atomic E-state index is 1.02. The van der Waals surface area contributed by atoms with Crippen LogP contribution in [0.4, 0.5) is 0 Å². The van der Waals surface area contributed by atoms with E-state index < -0.39 is 0 Å². The topological polar surface area (TPSA) is 24.9 Å². The van der Waals surface area contributed by atoms with E-state index in [2.05, 4.69) is 29.4 Å². The molecule has 0 aliphatic heterocycles. The Hall–Kier alpha value is -1.15. The van der Waals surface area contributed by atoms with Crippen molar-refractivity contribution >= 4 is 5.57 Å². The van der Waals surface area contributed by atoms with Crippen molar-refractivity contribution in [2.24, 2.45) is 0 Å². The van der Waals surface area contributed by atoms with Crippen molar-refractivity contribution in [1.82, 2.24) is 10.3 Å². The Morgan fingerprint density at radius 1 is 1.50 bits per heavy atom. The van der Waals surface area contributed by atoms with Gasteiger partial charge in [-0.25, -0.2) is 0 Å². The average Bonchev–Trinajstić information content (AvgIpc) is 2.19. The van der Waals surface area contributed by atoms with E-state index in [4.69, 9.17) is 0 Å². The highest BCUT2D eigenvalue weighted by Crippen LogP contribution is 2.12. The Balaban J connectivity index is 2.64. The van der Waals surface area contributed by atoms with E-state index in [9.17, 15) is 0 Å². The zero-order valence-electron chi connectivity index (χ0n) is 9.17.